The van der Waals surface area contributed by atoms with E-state index in [0.29, 0.717) is 11.1 Å². The van der Waals surface area contributed by atoms with Crippen molar-refractivity contribution < 1.29 is 22.7 Å². The Balaban J connectivity index is 2.73. The normalized spacial score (nSPS) is 15.5. The number of benzene rings is 1. The molecule has 1 aromatic carbocycles. The number of alkyl halides is 3. The number of aryl methyl sites for hydroxylation is 1. The van der Waals surface area contributed by atoms with Crippen LogP contribution in [0.3, 0.4) is 0 Å². The van der Waals surface area contributed by atoms with Gasteiger partial charge in [-0.15, -0.1) is 0 Å². The van der Waals surface area contributed by atoms with E-state index in [4.69, 9.17) is 0 Å². The summed E-state index contributed by atoms with van der Waals surface area (Å²) in [5, 5.41) is 10.1. The van der Waals surface area contributed by atoms with E-state index in [-0.39, 0.29) is 12.8 Å². The molecule has 1 nitrogen and oxygen atoms in total. The maximum Gasteiger partial charge on any atom is 0.389 e. The summed E-state index contributed by atoms with van der Waals surface area (Å²) in [4.78, 5) is 0. The molecule has 0 amide bonds. The molecule has 18 heavy (non-hydrogen) atoms. The fourth-order valence-corrected chi connectivity index (χ4v) is 1.82. The van der Waals surface area contributed by atoms with Crippen LogP contribution in [-0.2, 0) is 5.60 Å². The van der Waals surface area contributed by atoms with E-state index < -0.39 is 24.0 Å². The first-order chi connectivity index (χ1) is 8.10. The predicted molar refractivity (Wildman–Crippen MR) is 60.6 cm³/mol. The van der Waals surface area contributed by atoms with Crippen molar-refractivity contribution in [2.24, 2.45) is 0 Å². The van der Waals surface area contributed by atoms with E-state index in [0.717, 1.165) is 6.07 Å². The Morgan fingerprint density at radius 1 is 1.11 bits per heavy atom. The summed E-state index contributed by atoms with van der Waals surface area (Å²) in [6.07, 6.45) is -5.42. The Bertz CT molecular complexity index is 390. The summed E-state index contributed by atoms with van der Waals surface area (Å²) in [7, 11) is 0. The van der Waals surface area contributed by atoms with Gasteiger partial charge in [-0.3, -0.25) is 0 Å². The van der Waals surface area contributed by atoms with Crippen LogP contribution in [0.4, 0.5) is 17.6 Å². The van der Waals surface area contributed by atoms with Crippen LogP contribution < -0.4 is 0 Å². The van der Waals surface area contributed by atoms with Gasteiger partial charge in [0.1, 0.15) is 5.82 Å². The van der Waals surface area contributed by atoms with Gasteiger partial charge in [-0.2, -0.15) is 13.2 Å². The maximum atomic E-state index is 13.2. The third kappa shape index (κ3) is 4.64. The molecule has 1 rings (SSSR count). The van der Waals surface area contributed by atoms with Gasteiger partial charge < -0.3 is 5.11 Å². The molecule has 1 aromatic rings. The van der Waals surface area contributed by atoms with E-state index in [2.05, 4.69) is 0 Å². The highest BCUT2D eigenvalue weighted by molar-refractivity contribution is 5.27. The van der Waals surface area contributed by atoms with E-state index in [9.17, 15) is 22.7 Å². The van der Waals surface area contributed by atoms with Crippen molar-refractivity contribution in [3.63, 3.8) is 0 Å². The Labute approximate surface area is 103 Å². The summed E-state index contributed by atoms with van der Waals surface area (Å²) in [5.41, 5.74) is -0.513. The molecule has 0 heterocycles. The molecule has 0 aliphatic rings. The third-order valence-electron chi connectivity index (χ3n) is 2.79. The van der Waals surface area contributed by atoms with Crippen LogP contribution in [-0.4, -0.2) is 11.3 Å². The second-order valence-electron chi connectivity index (χ2n) is 4.76. The monoisotopic (exact) mass is 264 g/mol. The molecule has 0 bridgehead atoms. The minimum absolute atomic E-state index is 0.0601. The van der Waals surface area contributed by atoms with Crippen LogP contribution >= 0.6 is 0 Å². The minimum atomic E-state index is -4.23. The summed E-state index contributed by atoms with van der Waals surface area (Å²) >= 11 is 0. The first kappa shape index (κ1) is 15.0. The second kappa shape index (κ2) is 5.26. The van der Waals surface area contributed by atoms with Crippen molar-refractivity contribution in [2.45, 2.75) is 44.9 Å². The number of halogens is 4. The van der Waals surface area contributed by atoms with Crippen molar-refractivity contribution in [3.05, 3.63) is 35.1 Å². The van der Waals surface area contributed by atoms with E-state index in [1.54, 1.807) is 13.0 Å². The molecule has 102 valence electrons. The average Bonchev–Trinajstić information content (AvgIpc) is 2.13. The molecular formula is C13H16F4O. The molecule has 0 aliphatic heterocycles. The van der Waals surface area contributed by atoms with E-state index in [1.165, 1.54) is 13.0 Å². The molecule has 1 N–H and O–H groups in total. The zero-order valence-corrected chi connectivity index (χ0v) is 10.3. The van der Waals surface area contributed by atoms with Gasteiger partial charge >= 0.3 is 6.18 Å². The number of hydrogen-bond donors (Lipinski definition) is 1. The summed E-state index contributed by atoms with van der Waals surface area (Å²) in [5.74, 6) is -0.499. The lowest BCUT2D eigenvalue weighted by molar-refractivity contribution is -0.137. The molecule has 0 saturated carbocycles. The van der Waals surface area contributed by atoms with Gasteiger partial charge in [-0.05, 0) is 49.9 Å². The highest BCUT2D eigenvalue weighted by atomic mass is 19.4. The SMILES string of the molecule is Cc1cc(F)cc(C(C)(O)CCCC(F)(F)F)c1. The van der Waals surface area contributed by atoms with Crippen molar-refractivity contribution in [2.75, 3.05) is 0 Å². The van der Waals surface area contributed by atoms with Gasteiger partial charge in [0.25, 0.3) is 0 Å². The highest BCUT2D eigenvalue weighted by Gasteiger charge is 2.30. The zero-order chi connectivity index (χ0) is 14.0. The highest BCUT2D eigenvalue weighted by Crippen LogP contribution is 2.31. The molecule has 5 heteroatoms. The van der Waals surface area contributed by atoms with Crippen molar-refractivity contribution >= 4 is 0 Å². The van der Waals surface area contributed by atoms with Crippen LogP contribution in [0.2, 0.25) is 0 Å². The lowest BCUT2D eigenvalue weighted by Gasteiger charge is -2.24. The lowest BCUT2D eigenvalue weighted by atomic mass is 9.89. The van der Waals surface area contributed by atoms with Gasteiger partial charge in [-0.1, -0.05) is 6.07 Å². The predicted octanol–water partition coefficient (Wildman–Crippen LogP) is 4.07. The van der Waals surface area contributed by atoms with Gasteiger partial charge in [-0.25, -0.2) is 4.39 Å². The third-order valence-corrected chi connectivity index (χ3v) is 2.79. The first-order valence-corrected chi connectivity index (χ1v) is 5.67. The van der Waals surface area contributed by atoms with Crippen molar-refractivity contribution in [1.82, 2.24) is 0 Å². The van der Waals surface area contributed by atoms with Crippen LogP contribution in [0.5, 0.6) is 0 Å². The first-order valence-electron chi connectivity index (χ1n) is 5.67. The Kier molecular flexibility index (Phi) is 4.37. The molecule has 1 unspecified atom stereocenters. The fourth-order valence-electron chi connectivity index (χ4n) is 1.82. The summed E-state index contributed by atoms with van der Waals surface area (Å²) < 4.78 is 49.2. The molecule has 1 atom stereocenters. The van der Waals surface area contributed by atoms with Gasteiger partial charge in [0, 0.05) is 6.42 Å². The fraction of sp³-hybridized carbons (Fsp3) is 0.538. The smallest absolute Gasteiger partial charge is 0.385 e. The summed E-state index contributed by atoms with van der Waals surface area (Å²) in [6.45, 7) is 3.07. The largest absolute Gasteiger partial charge is 0.389 e. The molecule has 0 spiro atoms. The molecule has 0 aromatic heterocycles. The van der Waals surface area contributed by atoms with E-state index in [1.807, 2.05) is 0 Å². The maximum absolute atomic E-state index is 13.2. The van der Waals surface area contributed by atoms with Crippen LogP contribution in [0.15, 0.2) is 18.2 Å². The number of aliphatic hydroxyl groups is 1. The van der Waals surface area contributed by atoms with Crippen LogP contribution in [0.1, 0.15) is 37.3 Å². The molecular weight excluding hydrogens is 248 g/mol. The van der Waals surface area contributed by atoms with Crippen molar-refractivity contribution in [3.8, 4) is 0 Å². The zero-order valence-electron chi connectivity index (χ0n) is 10.3. The second-order valence-corrected chi connectivity index (χ2v) is 4.76. The average molecular weight is 264 g/mol. The number of rotatable bonds is 4. The number of hydrogen-bond acceptors (Lipinski definition) is 1. The van der Waals surface area contributed by atoms with Crippen LogP contribution in [0, 0.1) is 12.7 Å². The van der Waals surface area contributed by atoms with Crippen LogP contribution in [0.25, 0.3) is 0 Å². The molecule has 0 fully saturated rings. The summed E-state index contributed by atoms with van der Waals surface area (Å²) in [6, 6.07) is 4.03. The van der Waals surface area contributed by atoms with E-state index >= 15 is 0 Å². The molecule has 0 saturated heterocycles. The van der Waals surface area contributed by atoms with Gasteiger partial charge in [0.2, 0.25) is 0 Å². The van der Waals surface area contributed by atoms with Gasteiger partial charge in [0.15, 0.2) is 0 Å². The molecule has 0 radical (unpaired) electrons. The Morgan fingerprint density at radius 3 is 2.22 bits per heavy atom. The quantitative estimate of drug-likeness (QED) is 0.813. The van der Waals surface area contributed by atoms with Gasteiger partial charge in [0.05, 0.1) is 5.60 Å². The van der Waals surface area contributed by atoms with Crippen molar-refractivity contribution in [1.29, 1.82) is 0 Å². The topological polar surface area (TPSA) is 20.2 Å². The Morgan fingerprint density at radius 2 is 1.72 bits per heavy atom. The lowest BCUT2D eigenvalue weighted by Crippen LogP contribution is -2.22. The molecule has 0 aliphatic carbocycles. The Hall–Kier alpha value is -1.10. The standard InChI is InChI=1S/C13H16F4O/c1-9-6-10(8-11(14)7-9)12(2,18)4-3-5-13(15,16)17/h6-8,18H,3-5H2,1-2H3. The minimum Gasteiger partial charge on any atom is -0.385 e.